The van der Waals surface area contributed by atoms with Gasteiger partial charge >= 0.3 is 0 Å². The largest absolute Gasteiger partial charge is 0.389 e. The Hall–Kier alpha value is -1.24. The van der Waals surface area contributed by atoms with Gasteiger partial charge in [0, 0.05) is 26.1 Å². The van der Waals surface area contributed by atoms with Gasteiger partial charge in [-0.25, -0.2) is 8.78 Å². The molecule has 0 unspecified atom stereocenters. The van der Waals surface area contributed by atoms with E-state index >= 15 is 0 Å². The SMILES string of the molecule is O=C(CC1(O)CCC1)N1CC(F)(F)C[C@@]2(CCN(CC3CC3)C2=O)C1. The maximum atomic E-state index is 14.4. The number of likely N-dealkylation sites (tertiary alicyclic amines) is 2. The highest BCUT2D eigenvalue weighted by Crippen LogP contribution is 2.47. The number of rotatable bonds is 4. The second-order valence-electron chi connectivity index (χ2n) is 8.76. The Balaban J connectivity index is 1.48. The number of halogens is 2. The van der Waals surface area contributed by atoms with Crippen molar-refractivity contribution in [3.05, 3.63) is 0 Å². The number of hydrogen-bond acceptors (Lipinski definition) is 3. The van der Waals surface area contributed by atoms with E-state index in [0.29, 0.717) is 38.3 Å². The zero-order valence-corrected chi connectivity index (χ0v) is 14.5. The lowest BCUT2D eigenvalue weighted by molar-refractivity contribution is -0.167. The fourth-order valence-corrected chi connectivity index (χ4v) is 4.63. The summed E-state index contributed by atoms with van der Waals surface area (Å²) in [5.41, 5.74) is -2.18. The van der Waals surface area contributed by atoms with Crippen LogP contribution >= 0.6 is 0 Å². The summed E-state index contributed by atoms with van der Waals surface area (Å²) < 4.78 is 28.8. The van der Waals surface area contributed by atoms with Crippen LogP contribution in [0.1, 0.15) is 51.4 Å². The smallest absolute Gasteiger partial charge is 0.266 e. The van der Waals surface area contributed by atoms with E-state index in [1.165, 1.54) is 0 Å². The molecule has 4 aliphatic rings. The molecule has 2 aliphatic carbocycles. The second kappa shape index (κ2) is 5.63. The highest BCUT2D eigenvalue weighted by molar-refractivity contribution is 5.87. The predicted octanol–water partition coefficient (Wildman–Crippen LogP) is 1.79. The Bertz CT molecular complexity index is 589. The van der Waals surface area contributed by atoms with Crippen molar-refractivity contribution in [3.63, 3.8) is 0 Å². The van der Waals surface area contributed by atoms with Gasteiger partial charge in [0.1, 0.15) is 0 Å². The number of nitrogens with zero attached hydrogens (tertiary/aromatic N) is 2. The average Bonchev–Trinajstić information content (AvgIpc) is 3.26. The van der Waals surface area contributed by atoms with E-state index in [4.69, 9.17) is 0 Å². The van der Waals surface area contributed by atoms with Gasteiger partial charge in [-0.05, 0) is 44.4 Å². The van der Waals surface area contributed by atoms with Gasteiger partial charge in [-0.1, -0.05) is 0 Å². The zero-order valence-electron chi connectivity index (χ0n) is 14.5. The molecule has 0 bridgehead atoms. The molecule has 2 aliphatic heterocycles. The molecule has 5 nitrogen and oxygen atoms in total. The molecule has 25 heavy (non-hydrogen) atoms. The Morgan fingerprint density at radius 3 is 2.52 bits per heavy atom. The molecule has 0 aromatic carbocycles. The lowest BCUT2D eigenvalue weighted by Crippen LogP contribution is -2.58. The summed E-state index contributed by atoms with van der Waals surface area (Å²) in [5, 5.41) is 10.2. The van der Waals surface area contributed by atoms with Crippen LogP contribution in [-0.2, 0) is 9.59 Å². The Kier molecular flexibility index (Phi) is 3.87. The summed E-state index contributed by atoms with van der Waals surface area (Å²) in [7, 11) is 0. The average molecular weight is 356 g/mol. The van der Waals surface area contributed by atoms with Crippen molar-refractivity contribution >= 4 is 11.8 Å². The Morgan fingerprint density at radius 2 is 1.92 bits per heavy atom. The van der Waals surface area contributed by atoms with Crippen LogP contribution in [0.2, 0.25) is 0 Å². The van der Waals surface area contributed by atoms with E-state index in [-0.39, 0.29) is 18.9 Å². The van der Waals surface area contributed by atoms with E-state index in [1.807, 2.05) is 0 Å². The fourth-order valence-electron chi connectivity index (χ4n) is 4.63. The number of aliphatic hydroxyl groups is 1. The molecule has 7 heteroatoms. The number of piperidine rings is 1. The molecule has 2 saturated heterocycles. The van der Waals surface area contributed by atoms with E-state index in [9.17, 15) is 23.5 Å². The molecule has 0 radical (unpaired) electrons. The van der Waals surface area contributed by atoms with E-state index < -0.39 is 35.8 Å². The summed E-state index contributed by atoms with van der Waals surface area (Å²) in [6.45, 7) is 0.605. The number of amides is 2. The first-order chi connectivity index (χ1) is 11.7. The van der Waals surface area contributed by atoms with Crippen molar-refractivity contribution in [2.75, 3.05) is 26.2 Å². The van der Waals surface area contributed by atoms with Crippen molar-refractivity contribution < 1.29 is 23.5 Å². The molecule has 0 aromatic heterocycles. The van der Waals surface area contributed by atoms with Crippen LogP contribution in [0, 0.1) is 11.3 Å². The van der Waals surface area contributed by atoms with Crippen LogP contribution in [0.5, 0.6) is 0 Å². The van der Waals surface area contributed by atoms with Crippen molar-refractivity contribution in [1.82, 2.24) is 9.80 Å². The minimum Gasteiger partial charge on any atom is -0.389 e. The molecular formula is C18H26F2N2O3. The monoisotopic (exact) mass is 356 g/mol. The van der Waals surface area contributed by atoms with Gasteiger partial charge in [0.25, 0.3) is 5.92 Å². The molecule has 2 heterocycles. The number of alkyl halides is 2. The molecule has 2 amide bonds. The third kappa shape index (κ3) is 3.27. The molecule has 1 N–H and O–H groups in total. The first kappa shape index (κ1) is 17.2. The molecule has 2 saturated carbocycles. The van der Waals surface area contributed by atoms with Crippen molar-refractivity contribution in [1.29, 1.82) is 0 Å². The summed E-state index contributed by atoms with van der Waals surface area (Å²) in [6.07, 6.45) is 3.98. The van der Waals surface area contributed by atoms with Crippen LogP contribution in [0.15, 0.2) is 0 Å². The summed E-state index contributed by atoms with van der Waals surface area (Å²) >= 11 is 0. The third-order valence-electron chi connectivity index (χ3n) is 6.41. The van der Waals surface area contributed by atoms with Gasteiger partial charge in [0.05, 0.1) is 24.0 Å². The standard InChI is InChI=1S/C18H26F2N2O3/c19-18(20)10-16(6-7-21(15(16)24)9-13-2-3-13)11-22(12-18)14(23)8-17(25)4-1-5-17/h13,25H,1-12H2/t16-/m0/s1. The highest BCUT2D eigenvalue weighted by atomic mass is 19.3. The quantitative estimate of drug-likeness (QED) is 0.835. The van der Waals surface area contributed by atoms with Crippen molar-refractivity contribution in [3.8, 4) is 0 Å². The van der Waals surface area contributed by atoms with Crippen LogP contribution in [0.3, 0.4) is 0 Å². The van der Waals surface area contributed by atoms with Crippen LogP contribution < -0.4 is 0 Å². The van der Waals surface area contributed by atoms with Gasteiger partial charge < -0.3 is 14.9 Å². The lowest BCUT2D eigenvalue weighted by atomic mass is 9.75. The number of carbonyl (C=O) groups excluding carboxylic acids is 2. The van der Waals surface area contributed by atoms with Gasteiger partial charge in [0.15, 0.2) is 0 Å². The molecule has 4 rings (SSSR count). The highest BCUT2D eigenvalue weighted by Gasteiger charge is 2.58. The summed E-state index contributed by atoms with van der Waals surface area (Å²) in [6, 6.07) is 0. The molecule has 1 atom stereocenters. The lowest BCUT2D eigenvalue weighted by Gasteiger charge is -2.44. The summed E-state index contributed by atoms with van der Waals surface area (Å²) in [4.78, 5) is 28.2. The van der Waals surface area contributed by atoms with E-state index in [2.05, 4.69) is 0 Å². The van der Waals surface area contributed by atoms with Crippen molar-refractivity contribution in [2.24, 2.45) is 11.3 Å². The Labute approximate surface area is 146 Å². The minimum atomic E-state index is -3.05. The normalized spacial score (nSPS) is 33.6. The summed E-state index contributed by atoms with van der Waals surface area (Å²) in [5.74, 6) is -3.19. The van der Waals surface area contributed by atoms with E-state index in [0.717, 1.165) is 24.2 Å². The first-order valence-corrected chi connectivity index (χ1v) is 9.38. The molecule has 0 aromatic rings. The van der Waals surface area contributed by atoms with Gasteiger partial charge in [-0.15, -0.1) is 0 Å². The van der Waals surface area contributed by atoms with Crippen LogP contribution in [0.4, 0.5) is 8.78 Å². The predicted molar refractivity (Wildman–Crippen MR) is 85.9 cm³/mol. The van der Waals surface area contributed by atoms with Crippen LogP contribution in [-0.4, -0.2) is 64.4 Å². The first-order valence-electron chi connectivity index (χ1n) is 9.38. The number of carbonyl (C=O) groups is 2. The Morgan fingerprint density at radius 1 is 1.20 bits per heavy atom. The maximum absolute atomic E-state index is 14.4. The molecular weight excluding hydrogens is 330 g/mol. The van der Waals surface area contributed by atoms with E-state index in [1.54, 1.807) is 4.90 Å². The van der Waals surface area contributed by atoms with Gasteiger partial charge in [0.2, 0.25) is 11.8 Å². The molecule has 4 fully saturated rings. The topological polar surface area (TPSA) is 60.9 Å². The molecule has 140 valence electrons. The third-order valence-corrected chi connectivity index (χ3v) is 6.41. The van der Waals surface area contributed by atoms with Crippen LogP contribution in [0.25, 0.3) is 0 Å². The minimum absolute atomic E-state index is 0.0670. The second-order valence-corrected chi connectivity index (χ2v) is 8.76. The van der Waals surface area contributed by atoms with Gasteiger partial charge in [-0.2, -0.15) is 0 Å². The fraction of sp³-hybridized carbons (Fsp3) is 0.889. The number of hydrogen-bond donors (Lipinski definition) is 1. The molecule has 1 spiro atoms. The zero-order chi connectivity index (χ0) is 17.9. The van der Waals surface area contributed by atoms with Gasteiger partial charge in [-0.3, -0.25) is 9.59 Å². The van der Waals surface area contributed by atoms with Crippen molar-refractivity contribution in [2.45, 2.75) is 62.9 Å². The maximum Gasteiger partial charge on any atom is 0.266 e.